The van der Waals surface area contributed by atoms with Gasteiger partial charge in [0.2, 0.25) is 15.9 Å². The molecule has 1 unspecified atom stereocenters. The first-order valence-corrected chi connectivity index (χ1v) is 10.9. The van der Waals surface area contributed by atoms with Crippen LogP contribution < -0.4 is 10.0 Å². The molecule has 0 saturated heterocycles. The van der Waals surface area contributed by atoms with Gasteiger partial charge < -0.3 is 5.32 Å². The maximum absolute atomic E-state index is 12.2. The summed E-state index contributed by atoms with van der Waals surface area (Å²) in [5, 5.41) is 2.82. The SMILES string of the molecule is CC(NC(=O)CNS(=O)(=O)Cc1ccccc1)c1ccc(-c2ccncc2)cc1. The monoisotopic (exact) mass is 409 g/mol. The van der Waals surface area contributed by atoms with Gasteiger partial charge in [-0.25, -0.2) is 13.1 Å². The zero-order valence-corrected chi connectivity index (χ0v) is 16.9. The van der Waals surface area contributed by atoms with Crippen LogP contribution in [0.25, 0.3) is 11.1 Å². The van der Waals surface area contributed by atoms with Gasteiger partial charge in [0.15, 0.2) is 0 Å². The van der Waals surface area contributed by atoms with Crippen LogP contribution in [0, 0.1) is 0 Å². The molecule has 0 bridgehead atoms. The van der Waals surface area contributed by atoms with Gasteiger partial charge in [-0.2, -0.15) is 0 Å². The third kappa shape index (κ3) is 6.23. The van der Waals surface area contributed by atoms with E-state index in [4.69, 9.17) is 0 Å². The molecular formula is C22H23N3O3S. The Morgan fingerprint density at radius 3 is 2.21 bits per heavy atom. The predicted octanol–water partition coefficient (Wildman–Crippen LogP) is 3.05. The van der Waals surface area contributed by atoms with Crippen LogP contribution in [0.2, 0.25) is 0 Å². The number of benzene rings is 2. The summed E-state index contributed by atoms with van der Waals surface area (Å²) in [7, 11) is -3.58. The average molecular weight is 410 g/mol. The molecule has 0 radical (unpaired) electrons. The Morgan fingerprint density at radius 1 is 0.931 bits per heavy atom. The summed E-state index contributed by atoms with van der Waals surface area (Å²) in [6.07, 6.45) is 3.48. The van der Waals surface area contributed by atoms with Gasteiger partial charge in [-0.3, -0.25) is 9.78 Å². The Hall–Kier alpha value is -3.03. The molecule has 0 saturated carbocycles. The molecule has 3 rings (SSSR count). The average Bonchev–Trinajstić information content (AvgIpc) is 2.73. The van der Waals surface area contributed by atoms with Crippen molar-refractivity contribution in [1.29, 1.82) is 0 Å². The summed E-state index contributed by atoms with van der Waals surface area (Å²) >= 11 is 0. The van der Waals surface area contributed by atoms with Gasteiger partial charge in [-0.15, -0.1) is 0 Å². The first kappa shape index (κ1) is 20.7. The lowest BCUT2D eigenvalue weighted by Gasteiger charge is -2.15. The van der Waals surface area contributed by atoms with Crippen LogP contribution in [0.4, 0.5) is 0 Å². The molecule has 2 N–H and O–H groups in total. The van der Waals surface area contributed by atoms with Crippen molar-refractivity contribution in [3.05, 3.63) is 90.3 Å². The minimum Gasteiger partial charge on any atom is -0.348 e. The van der Waals surface area contributed by atoms with E-state index in [1.54, 1.807) is 36.7 Å². The second-order valence-electron chi connectivity index (χ2n) is 6.71. The normalized spacial score (nSPS) is 12.3. The van der Waals surface area contributed by atoms with Crippen molar-refractivity contribution < 1.29 is 13.2 Å². The van der Waals surface area contributed by atoms with Crippen LogP contribution in [0.15, 0.2) is 79.1 Å². The minimum absolute atomic E-state index is 0.160. The number of pyridine rings is 1. The molecule has 7 heteroatoms. The van der Waals surface area contributed by atoms with Gasteiger partial charge in [0.25, 0.3) is 0 Å². The van der Waals surface area contributed by atoms with Gasteiger partial charge in [-0.05, 0) is 41.3 Å². The van der Waals surface area contributed by atoms with Crippen molar-refractivity contribution in [1.82, 2.24) is 15.0 Å². The van der Waals surface area contributed by atoms with Crippen molar-refractivity contribution in [2.24, 2.45) is 0 Å². The number of hydrogen-bond acceptors (Lipinski definition) is 4. The fraction of sp³-hybridized carbons (Fsp3) is 0.182. The quantitative estimate of drug-likeness (QED) is 0.599. The maximum Gasteiger partial charge on any atom is 0.235 e. The summed E-state index contributed by atoms with van der Waals surface area (Å²) in [6.45, 7) is 1.56. The van der Waals surface area contributed by atoms with E-state index in [9.17, 15) is 13.2 Å². The molecule has 1 heterocycles. The van der Waals surface area contributed by atoms with Crippen molar-refractivity contribution in [2.75, 3.05) is 6.54 Å². The number of hydrogen-bond donors (Lipinski definition) is 2. The fourth-order valence-corrected chi connectivity index (χ4v) is 3.99. The highest BCUT2D eigenvalue weighted by Crippen LogP contribution is 2.21. The summed E-state index contributed by atoms with van der Waals surface area (Å²) in [6, 6.07) is 20.3. The molecule has 0 aliphatic carbocycles. The second-order valence-corrected chi connectivity index (χ2v) is 8.52. The molecule has 0 aliphatic heterocycles. The lowest BCUT2D eigenvalue weighted by molar-refractivity contribution is -0.120. The van der Waals surface area contributed by atoms with Crippen molar-refractivity contribution in [3.8, 4) is 11.1 Å². The van der Waals surface area contributed by atoms with E-state index in [0.717, 1.165) is 16.7 Å². The molecule has 1 atom stereocenters. The fourth-order valence-electron chi connectivity index (χ4n) is 2.90. The standard InChI is InChI=1S/C22H23N3O3S/c1-17(19-7-9-20(10-8-19)21-11-13-23-14-12-21)25-22(26)15-24-29(27,28)16-18-5-3-2-4-6-18/h2-14,17,24H,15-16H2,1H3,(H,25,26). The molecule has 2 aromatic carbocycles. The lowest BCUT2D eigenvalue weighted by Crippen LogP contribution is -2.38. The first-order valence-electron chi connectivity index (χ1n) is 9.24. The lowest BCUT2D eigenvalue weighted by atomic mass is 10.0. The van der Waals surface area contributed by atoms with Crippen LogP contribution in [0.5, 0.6) is 0 Å². The molecule has 3 aromatic rings. The van der Waals surface area contributed by atoms with E-state index >= 15 is 0 Å². The number of nitrogens with one attached hydrogen (secondary N) is 2. The van der Waals surface area contributed by atoms with Crippen LogP contribution >= 0.6 is 0 Å². The molecule has 6 nitrogen and oxygen atoms in total. The van der Waals surface area contributed by atoms with E-state index in [1.165, 1.54) is 0 Å². The number of carbonyl (C=O) groups excluding carboxylic acids is 1. The number of aromatic nitrogens is 1. The van der Waals surface area contributed by atoms with Crippen LogP contribution in [-0.4, -0.2) is 25.9 Å². The summed E-state index contributed by atoms with van der Waals surface area (Å²) in [4.78, 5) is 16.2. The van der Waals surface area contributed by atoms with Gasteiger partial charge in [0, 0.05) is 12.4 Å². The first-order chi connectivity index (χ1) is 13.9. The zero-order chi connectivity index (χ0) is 20.7. The molecule has 0 spiro atoms. The van der Waals surface area contributed by atoms with E-state index in [-0.39, 0.29) is 24.2 Å². The Morgan fingerprint density at radius 2 is 1.55 bits per heavy atom. The number of carbonyl (C=O) groups is 1. The molecule has 29 heavy (non-hydrogen) atoms. The van der Waals surface area contributed by atoms with Gasteiger partial charge in [0.05, 0.1) is 18.3 Å². The van der Waals surface area contributed by atoms with E-state index < -0.39 is 10.0 Å². The number of rotatable bonds is 8. The van der Waals surface area contributed by atoms with Crippen molar-refractivity contribution >= 4 is 15.9 Å². The largest absolute Gasteiger partial charge is 0.348 e. The Kier molecular flexibility index (Phi) is 6.74. The van der Waals surface area contributed by atoms with E-state index in [0.29, 0.717) is 5.56 Å². The van der Waals surface area contributed by atoms with E-state index in [2.05, 4.69) is 15.0 Å². The molecule has 0 aliphatic rings. The Labute approximate surface area is 171 Å². The third-order valence-electron chi connectivity index (χ3n) is 4.45. The summed E-state index contributed by atoms with van der Waals surface area (Å²) in [5.74, 6) is -0.542. The smallest absolute Gasteiger partial charge is 0.235 e. The summed E-state index contributed by atoms with van der Waals surface area (Å²) < 4.78 is 26.6. The molecule has 150 valence electrons. The number of amides is 1. The highest BCUT2D eigenvalue weighted by molar-refractivity contribution is 7.88. The molecule has 0 fully saturated rings. The molecule has 1 amide bonds. The highest BCUT2D eigenvalue weighted by Gasteiger charge is 2.15. The molecular weight excluding hydrogens is 386 g/mol. The zero-order valence-electron chi connectivity index (χ0n) is 16.1. The van der Waals surface area contributed by atoms with Gasteiger partial charge in [0.1, 0.15) is 0 Å². The highest BCUT2D eigenvalue weighted by atomic mass is 32.2. The van der Waals surface area contributed by atoms with Crippen LogP contribution in [0.1, 0.15) is 24.1 Å². The van der Waals surface area contributed by atoms with Crippen molar-refractivity contribution in [3.63, 3.8) is 0 Å². The van der Waals surface area contributed by atoms with Crippen LogP contribution in [0.3, 0.4) is 0 Å². The van der Waals surface area contributed by atoms with Gasteiger partial charge >= 0.3 is 0 Å². The van der Waals surface area contributed by atoms with E-state index in [1.807, 2.05) is 49.4 Å². The number of sulfonamides is 1. The predicted molar refractivity (Wildman–Crippen MR) is 113 cm³/mol. The third-order valence-corrected chi connectivity index (χ3v) is 5.75. The Balaban J connectivity index is 1.52. The Bertz CT molecular complexity index is 1040. The van der Waals surface area contributed by atoms with Crippen molar-refractivity contribution in [2.45, 2.75) is 18.7 Å². The maximum atomic E-state index is 12.2. The molecule has 1 aromatic heterocycles. The summed E-state index contributed by atoms with van der Waals surface area (Å²) in [5.41, 5.74) is 3.73. The minimum atomic E-state index is -3.58. The second kappa shape index (κ2) is 9.45. The topological polar surface area (TPSA) is 88.2 Å². The van der Waals surface area contributed by atoms with Crippen LogP contribution in [-0.2, 0) is 20.6 Å². The number of nitrogens with zero attached hydrogens (tertiary/aromatic N) is 1. The van der Waals surface area contributed by atoms with Gasteiger partial charge in [-0.1, -0.05) is 54.6 Å².